The largest absolute Gasteiger partial charge is 0.480 e. The Bertz CT molecular complexity index is 310. The molecule has 1 fully saturated rings. The van der Waals surface area contributed by atoms with Gasteiger partial charge in [-0.3, -0.25) is 0 Å². The van der Waals surface area contributed by atoms with Crippen molar-refractivity contribution in [1.82, 2.24) is 10.2 Å². The van der Waals surface area contributed by atoms with E-state index in [0.717, 1.165) is 6.42 Å². The summed E-state index contributed by atoms with van der Waals surface area (Å²) >= 11 is 0. The summed E-state index contributed by atoms with van der Waals surface area (Å²) < 4.78 is 10.1. The molecule has 3 atom stereocenters. The molecule has 1 saturated heterocycles. The fraction of sp³-hybridized carbons (Fsp3) is 0.818. The van der Waals surface area contributed by atoms with Gasteiger partial charge >= 0.3 is 12.0 Å². The predicted molar refractivity (Wildman–Crippen MR) is 63.4 cm³/mol. The highest BCUT2D eigenvalue weighted by atomic mass is 16.5. The third-order valence-electron chi connectivity index (χ3n) is 3.08. The summed E-state index contributed by atoms with van der Waals surface area (Å²) in [7, 11) is 3.02. The van der Waals surface area contributed by atoms with Crippen LogP contribution in [0.15, 0.2) is 0 Å². The van der Waals surface area contributed by atoms with Crippen LogP contribution in [0.25, 0.3) is 0 Å². The van der Waals surface area contributed by atoms with E-state index in [1.807, 2.05) is 6.92 Å². The van der Waals surface area contributed by atoms with Crippen molar-refractivity contribution in [2.24, 2.45) is 0 Å². The molecule has 0 bridgehead atoms. The van der Waals surface area contributed by atoms with E-state index >= 15 is 0 Å². The monoisotopic (exact) mass is 260 g/mol. The van der Waals surface area contributed by atoms with Crippen LogP contribution in [-0.2, 0) is 14.3 Å². The second kappa shape index (κ2) is 6.55. The van der Waals surface area contributed by atoms with Gasteiger partial charge in [0.15, 0.2) is 6.04 Å². The molecule has 0 saturated carbocycles. The van der Waals surface area contributed by atoms with Gasteiger partial charge in [0.05, 0.1) is 18.8 Å². The highest BCUT2D eigenvalue weighted by molar-refractivity contribution is 5.82. The van der Waals surface area contributed by atoms with Crippen molar-refractivity contribution in [2.45, 2.75) is 31.5 Å². The number of carbonyl (C=O) groups excluding carboxylic acids is 1. The fourth-order valence-corrected chi connectivity index (χ4v) is 1.97. The lowest BCUT2D eigenvalue weighted by Crippen LogP contribution is -2.52. The molecule has 1 aliphatic rings. The van der Waals surface area contributed by atoms with Crippen molar-refractivity contribution in [3.05, 3.63) is 0 Å². The summed E-state index contributed by atoms with van der Waals surface area (Å²) in [4.78, 5) is 24.3. The Morgan fingerprint density at radius 2 is 2.28 bits per heavy atom. The van der Waals surface area contributed by atoms with E-state index in [9.17, 15) is 9.59 Å². The number of aliphatic carboxylic acids is 1. The molecule has 18 heavy (non-hydrogen) atoms. The molecule has 0 aromatic heterocycles. The van der Waals surface area contributed by atoms with Gasteiger partial charge in [0.1, 0.15) is 0 Å². The van der Waals surface area contributed by atoms with Crippen LogP contribution < -0.4 is 5.32 Å². The highest BCUT2D eigenvalue weighted by Gasteiger charge is 2.32. The van der Waals surface area contributed by atoms with Crippen molar-refractivity contribution in [3.63, 3.8) is 0 Å². The Morgan fingerprint density at radius 3 is 2.72 bits per heavy atom. The van der Waals surface area contributed by atoms with Crippen molar-refractivity contribution < 1.29 is 24.2 Å². The number of nitrogens with zero attached hydrogens (tertiary/aromatic N) is 1. The Kier molecular flexibility index (Phi) is 5.36. The van der Waals surface area contributed by atoms with E-state index in [1.165, 1.54) is 12.0 Å². The third-order valence-corrected chi connectivity index (χ3v) is 3.08. The molecule has 3 unspecified atom stereocenters. The first-order valence-electron chi connectivity index (χ1n) is 5.84. The molecule has 104 valence electrons. The number of hydrogen-bond acceptors (Lipinski definition) is 4. The van der Waals surface area contributed by atoms with Crippen LogP contribution in [0.2, 0.25) is 0 Å². The van der Waals surface area contributed by atoms with Crippen LogP contribution in [0.3, 0.4) is 0 Å². The smallest absolute Gasteiger partial charge is 0.328 e. The maximum Gasteiger partial charge on any atom is 0.328 e. The lowest BCUT2D eigenvalue weighted by molar-refractivity contribution is -0.140. The molecule has 7 heteroatoms. The first-order chi connectivity index (χ1) is 8.47. The number of rotatable bonds is 5. The number of likely N-dealkylation sites (N-methyl/N-ethyl adjacent to an activating group) is 1. The van der Waals surface area contributed by atoms with Crippen LogP contribution in [0, 0.1) is 0 Å². The van der Waals surface area contributed by atoms with Gasteiger partial charge < -0.3 is 24.8 Å². The average Bonchev–Trinajstić information content (AvgIpc) is 2.73. The van der Waals surface area contributed by atoms with Gasteiger partial charge in [0.2, 0.25) is 0 Å². The number of urea groups is 1. The van der Waals surface area contributed by atoms with E-state index in [0.29, 0.717) is 6.61 Å². The van der Waals surface area contributed by atoms with Crippen molar-refractivity contribution >= 4 is 12.0 Å². The van der Waals surface area contributed by atoms with Crippen LogP contribution in [0.4, 0.5) is 4.79 Å². The minimum Gasteiger partial charge on any atom is -0.480 e. The van der Waals surface area contributed by atoms with Crippen molar-refractivity contribution in [2.75, 3.05) is 27.4 Å². The van der Waals surface area contributed by atoms with Crippen LogP contribution in [-0.4, -0.2) is 67.6 Å². The van der Waals surface area contributed by atoms with Gasteiger partial charge in [0.25, 0.3) is 0 Å². The first kappa shape index (κ1) is 14.7. The maximum atomic E-state index is 11.9. The lowest BCUT2D eigenvalue weighted by atomic mass is 10.1. The number of methoxy groups -OCH3 is 1. The SMILES string of the molecule is COCC(NC(=O)N(C)C1CCOC1C)C(=O)O. The molecule has 0 radical (unpaired) electrons. The molecule has 7 nitrogen and oxygen atoms in total. The molecule has 2 N–H and O–H groups in total. The zero-order valence-corrected chi connectivity index (χ0v) is 10.9. The summed E-state index contributed by atoms with van der Waals surface area (Å²) in [6.45, 7) is 2.45. The molecule has 1 aliphatic heterocycles. The lowest BCUT2D eigenvalue weighted by Gasteiger charge is -2.28. The van der Waals surface area contributed by atoms with Gasteiger partial charge in [-0.1, -0.05) is 0 Å². The molecule has 1 heterocycles. The second-order valence-electron chi connectivity index (χ2n) is 4.34. The van der Waals surface area contributed by atoms with E-state index in [-0.39, 0.29) is 18.8 Å². The normalized spacial score (nSPS) is 24.6. The molecule has 0 spiro atoms. The maximum absolute atomic E-state index is 11.9. The van der Waals surface area contributed by atoms with Crippen molar-refractivity contribution in [1.29, 1.82) is 0 Å². The van der Waals surface area contributed by atoms with E-state index < -0.39 is 18.0 Å². The number of carboxylic acid groups (broad SMARTS) is 1. The predicted octanol–water partition coefficient (Wildman–Crippen LogP) is -0.0952. The van der Waals surface area contributed by atoms with Gasteiger partial charge in [-0.2, -0.15) is 0 Å². The van der Waals surface area contributed by atoms with Crippen LogP contribution in [0.1, 0.15) is 13.3 Å². The number of carbonyl (C=O) groups is 2. The standard InChI is InChI=1S/C11H20N2O5/c1-7-9(4-5-18-7)13(2)11(16)12-8(6-17-3)10(14)15/h7-9H,4-6H2,1-3H3,(H,12,16)(H,14,15). The number of carboxylic acids is 1. The van der Waals surface area contributed by atoms with E-state index in [2.05, 4.69) is 5.32 Å². The number of hydrogen-bond donors (Lipinski definition) is 2. The van der Waals surface area contributed by atoms with Crippen LogP contribution in [0.5, 0.6) is 0 Å². The van der Waals surface area contributed by atoms with Crippen LogP contribution >= 0.6 is 0 Å². The molecule has 0 aromatic rings. The fourth-order valence-electron chi connectivity index (χ4n) is 1.97. The highest BCUT2D eigenvalue weighted by Crippen LogP contribution is 2.18. The molecule has 0 aliphatic carbocycles. The molecular formula is C11H20N2O5. The number of nitrogens with one attached hydrogen (secondary N) is 1. The minimum absolute atomic E-state index is 0.0259. The zero-order chi connectivity index (χ0) is 13.7. The van der Waals surface area contributed by atoms with Crippen molar-refractivity contribution in [3.8, 4) is 0 Å². The van der Waals surface area contributed by atoms with Gasteiger partial charge in [0, 0.05) is 20.8 Å². The summed E-state index contributed by atoms with van der Waals surface area (Å²) in [6, 6.07) is -1.49. The van der Waals surface area contributed by atoms with E-state index in [1.54, 1.807) is 7.05 Å². The molecule has 1 rings (SSSR count). The second-order valence-corrected chi connectivity index (χ2v) is 4.34. The van der Waals surface area contributed by atoms with Gasteiger partial charge in [-0.15, -0.1) is 0 Å². The summed E-state index contributed by atoms with van der Waals surface area (Å²) in [5.74, 6) is -1.12. The van der Waals surface area contributed by atoms with Gasteiger partial charge in [-0.05, 0) is 13.3 Å². The molecule has 2 amide bonds. The number of amides is 2. The van der Waals surface area contributed by atoms with E-state index in [4.69, 9.17) is 14.6 Å². The first-order valence-corrected chi connectivity index (χ1v) is 5.84. The Balaban J connectivity index is 2.55. The average molecular weight is 260 g/mol. The quantitative estimate of drug-likeness (QED) is 0.721. The molecular weight excluding hydrogens is 240 g/mol. The summed E-state index contributed by atoms with van der Waals surface area (Å²) in [6.07, 6.45) is 0.721. The summed E-state index contributed by atoms with van der Waals surface area (Å²) in [5.41, 5.74) is 0. The Morgan fingerprint density at radius 1 is 1.61 bits per heavy atom. The number of ether oxygens (including phenoxy) is 2. The van der Waals surface area contributed by atoms with Gasteiger partial charge in [-0.25, -0.2) is 9.59 Å². The molecule has 0 aromatic carbocycles. The topological polar surface area (TPSA) is 88.1 Å². The third kappa shape index (κ3) is 3.58. The minimum atomic E-state index is -1.12. The summed E-state index contributed by atoms with van der Waals surface area (Å²) in [5, 5.41) is 11.3. The Hall–Kier alpha value is -1.34. The zero-order valence-electron chi connectivity index (χ0n) is 10.9. The Labute approximate surface area is 106 Å².